The zero-order chi connectivity index (χ0) is 17.7. The average molecular weight is 326 g/mol. The molecule has 23 heavy (non-hydrogen) atoms. The molecule has 0 saturated carbocycles. The summed E-state index contributed by atoms with van der Waals surface area (Å²) in [5.74, 6) is 3.73. The molecule has 0 aromatic heterocycles. The smallest absolute Gasteiger partial charge is 0.465 e. The van der Waals surface area contributed by atoms with Crippen LogP contribution in [0.25, 0.3) is 0 Å². The highest BCUT2D eigenvalue weighted by Crippen LogP contribution is 2.31. The summed E-state index contributed by atoms with van der Waals surface area (Å²) in [5, 5.41) is 0. The number of ether oxygens (including phenoxy) is 4. The first-order chi connectivity index (χ1) is 11.0. The van der Waals surface area contributed by atoms with Crippen LogP contribution in [-0.4, -0.2) is 45.0 Å². The van der Waals surface area contributed by atoms with Crippen LogP contribution in [0.15, 0.2) is 12.7 Å². The number of hydrogen-bond acceptors (Lipinski definition) is 7. The maximum atomic E-state index is 12.2. The Morgan fingerprint density at radius 2 is 1.61 bits per heavy atom. The van der Waals surface area contributed by atoms with E-state index in [9.17, 15) is 14.4 Å². The topological polar surface area (TPSA) is 88.1 Å². The molecule has 0 fully saturated rings. The van der Waals surface area contributed by atoms with Gasteiger partial charge in [0.05, 0.1) is 20.3 Å². The van der Waals surface area contributed by atoms with E-state index in [1.807, 2.05) is 0 Å². The Kier molecular flexibility index (Phi) is 9.92. The molecular formula is C16H22O7. The molecule has 0 spiro atoms. The molecule has 0 unspecified atom stereocenters. The fourth-order valence-corrected chi connectivity index (χ4v) is 1.67. The molecule has 0 radical (unpaired) electrons. The molecule has 0 aliphatic rings. The van der Waals surface area contributed by atoms with Gasteiger partial charge in [-0.15, -0.1) is 6.58 Å². The van der Waals surface area contributed by atoms with Gasteiger partial charge in [0.1, 0.15) is 0 Å². The third-order valence-electron chi connectivity index (χ3n) is 2.77. The fraction of sp³-hybridized carbons (Fsp3) is 0.562. The van der Waals surface area contributed by atoms with Crippen LogP contribution in [0.1, 0.15) is 26.7 Å². The van der Waals surface area contributed by atoms with Crippen LogP contribution >= 0.6 is 0 Å². The Morgan fingerprint density at radius 1 is 1.04 bits per heavy atom. The third kappa shape index (κ3) is 6.43. The second-order valence-electron chi connectivity index (χ2n) is 4.29. The van der Waals surface area contributed by atoms with E-state index < -0.39 is 23.5 Å². The summed E-state index contributed by atoms with van der Waals surface area (Å²) in [6.07, 6.45) is 0.450. The summed E-state index contributed by atoms with van der Waals surface area (Å²) in [6.45, 7) is 6.85. The molecule has 7 heteroatoms. The van der Waals surface area contributed by atoms with Crippen molar-refractivity contribution < 1.29 is 33.3 Å². The molecule has 0 bridgehead atoms. The molecule has 0 heterocycles. The Hall–Kier alpha value is -2.49. The van der Waals surface area contributed by atoms with Gasteiger partial charge in [-0.1, -0.05) is 17.9 Å². The molecule has 0 aliphatic heterocycles. The largest absolute Gasteiger partial charge is 0.508 e. The van der Waals surface area contributed by atoms with Gasteiger partial charge in [0, 0.05) is 6.42 Å². The summed E-state index contributed by atoms with van der Waals surface area (Å²) in [4.78, 5) is 35.3. The number of methoxy groups -OCH3 is 1. The molecule has 0 N–H and O–H groups in total. The normalized spacial score (nSPS) is 9.87. The molecular weight excluding hydrogens is 304 g/mol. The Bertz CT molecular complexity index is 466. The molecule has 0 aromatic rings. The van der Waals surface area contributed by atoms with Crippen molar-refractivity contribution in [3.8, 4) is 11.8 Å². The van der Waals surface area contributed by atoms with Crippen molar-refractivity contribution in [2.75, 3.05) is 26.9 Å². The average Bonchev–Trinajstić information content (AvgIpc) is 2.53. The SMILES string of the molecule is C=CCC(CC#CCOC(=O)OC)(C(=O)OCC)C(=O)OCC. The zero-order valence-corrected chi connectivity index (χ0v) is 13.7. The lowest BCUT2D eigenvalue weighted by molar-refractivity contribution is -0.171. The van der Waals surface area contributed by atoms with Crippen LogP contribution in [0.5, 0.6) is 0 Å². The number of hydrogen-bond donors (Lipinski definition) is 0. The van der Waals surface area contributed by atoms with Crippen molar-refractivity contribution in [3.05, 3.63) is 12.7 Å². The van der Waals surface area contributed by atoms with E-state index in [2.05, 4.69) is 27.9 Å². The second kappa shape index (κ2) is 11.1. The van der Waals surface area contributed by atoms with E-state index in [1.54, 1.807) is 13.8 Å². The van der Waals surface area contributed by atoms with Crippen LogP contribution in [0.3, 0.4) is 0 Å². The third-order valence-corrected chi connectivity index (χ3v) is 2.77. The number of esters is 2. The highest BCUT2D eigenvalue weighted by Gasteiger charge is 2.47. The fourth-order valence-electron chi connectivity index (χ4n) is 1.67. The van der Waals surface area contributed by atoms with Gasteiger partial charge >= 0.3 is 18.1 Å². The Labute approximate surface area is 135 Å². The highest BCUT2D eigenvalue weighted by molar-refractivity contribution is 6.00. The predicted molar refractivity (Wildman–Crippen MR) is 81.3 cm³/mol. The number of carbonyl (C=O) groups is 3. The molecule has 7 nitrogen and oxygen atoms in total. The van der Waals surface area contributed by atoms with Gasteiger partial charge in [0.15, 0.2) is 12.0 Å². The molecule has 0 saturated heterocycles. The predicted octanol–water partition coefficient (Wildman–Crippen LogP) is 1.85. The quantitative estimate of drug-likeness (QED) is 0.221. The van der Waals surface area contributed by atoms with E-state index in [0.717, 1.165) is 0 Å². The number of rotatable bonds is 8. The Balaban J connectivity index is 5.19. The lowest BCUT2D eigenvalue weighted by Gasteiger charge is -2.26. The van der Waals surface area contributed by atoms with E-state index in [4.69, 9.17) is 9.47 Å². The first-order valence-corrected chi connectivity index (χ1v) is 7.10. The lowest BCUT2D eigenvalue weighted by atomic mass is 9.81. The van der Waals surface area contributed by atoms with Gasteiger partial charge in [-0.25, -0.2) is 4.79 Å². The minimum absolute atomic E-state index is 0.0250. The molecule has 0 amide bonds. The standard InChI is InChI=1S/C16H22O7/c1-5-10-16(13(17)21-6-2,14(18)22-7-3)11-8-9-12-23-15(19)20-4/h5H,1,6-7,10-12H2,2-4H3. The van der Waals surface area contributed by atoms with E-state index in [0.29, 0.717) is 0 Å². The van der Waals surface area contributed by atoms with Crippen molar-refractivity contribution in [1.82, 2.24) is 0 Å². The number of allylic oxidation sites excluding steroid dienone is 1. The molecule has 0 aliphatic carbocycles. The van der Waals surface area contributed by atoms with Gasteiger partial charge in [-0.2, -0.15) is 0 Å². The van der Waals surface area contributed by atoms with Crippen LogP contribution < -0.4 is 0 Å². The molecule has 0 rings (SSSR count). The van der Waals surface area contributed by atoms with Gasteiger partial charge in [-0.3, -0.25) is 9.59 Å². The summed E-state index contributed by atoms with van der Waals surface area (Å²) in [6, 6.07) is 0. The summed E-state index contributed by atoms with van der Waals surface area (Å²) >= 11 is 0. The molecule has 0 atom stereocenters. The lowest BCUT2D eigenvalue weighted by Crippen LogP contribution is -2.41. The van der Waals surface area contributed by atoms with Gasteiger partial charge in [0.25, 0.3) is 0 Å². The van der Waals surface area contributed by atoms with E-state index in [1.165, 1.54) is 13.2 Å². The van der Waals surface area contributed by atoms with E-state index in [-0.39, 0.29) is 32.7 Å². The van der Waals surface area contributed by atoms with Crippen LogP contribution in [0.2, 0.25) is 0 Å². The van der Waals surface area contributed by atoms with Crippen LogP contribution in [0.4, 0.5) is 4.79 Å². The molecule has 128 valence electrons. The van der Waals surface area contributed by atoms with Gasteiger partial charge in [0.2, 0.25) is 0 Å². The first-order valence-electron chi connectivity index (χ1n) is 7.10. The van der Waals surface area contributed by atoms with E-state index >= 15 is 0 Å². The summed E-state index contributed by atoms with van der Waals surface area (Å²) in [7, 11) is 1.17. The van der Waals surface area contributed by atoms with Crippen molar-refractivity contribution in [3.63, 3.8) is 0 Å². The zero-order valence-electron chi connectivity index (χ0n) is 13.7. The van der Waals surface area contributed by atoms with Crippen LogP contribution in [-0.2, 0) is 28.5 Å². The van der Waals surface area contributed by atoms with Crippen molar-refractivity contribution in [1.29, 1.82) is 0 Å². The molecule has 0 aromatic carbocycles. The maximum Gasteiger partial charge on any atom is 0.508 e. The maximum absolute atomic E-state index is 12.2. The monoisotopic (exact) mass is 326 g/mol. The summed E-state index contributed by atoms with van der Waals surface area (Å²) < 4.78 is 18.8. The first kappa shape index (κ1) is 20.5. The number of carbonyl (C=O) groups excluding carboxylic acids is 3. The minimum Gasteiger partial charge on any atom is -0.465 e. The second-order valence-corrected chi connectivity index (χ2v) is 4.29. The minimum atomic E-state index is -1.58. The van der Waals surface area contributed by atoms with Gasteiger partial charge < -0.3 is 18.9 Å². The van der Waals surface area contributed by atoms with Gasteiger partial charge in [-0.05, 0) is 20.3 Å². The highest BCUT2D eigenvalue weighted by atomic mass is 16.7. The summed E-state index contributed by atoms with van der Waals surface area (Å²) in [5.41, 5.74) is -1.58. The van der Waals surface area contributed by atoms with Crippen molar-refractivity contribution >= 4 is 18.1 Å². The van der Waals surface area contributed by atoms with Crippen molar-refractivity contribution in [2.45, 2.75) is 26.7 Å². The Morgan fingerprint density at radius 3 is 2.04 bits per heavy atom. The van der Waals surface area contributed by atoms with Crippen LogP contribution in [0, 0.1) is 17.3 Å². The van der Waals surface area contributed by atoms with Crippen molar-refractivity contribution in [2.24, 2.45) is 5.41 Å².